The van der Waals surface area contributed by atoms with Crippen molar-refractivity contribution in [2.45, 2.75) is 44.7 Å². The van der Waals surface area contributed by atoms with Gasteiger partial charge in [0, 0.05) is 18.2 Å². The van der Waals surface area contributed by atoms with Crippen LogP contribution in [0.25, 0.3) is 0 Å². The number of hydrogen-bond acceptors (Lipinski definition) is 3. The molecule has 1 aromatic rings. The highest BCUT2D eigenvalue weighted by molar-refractivity contribution is 5.97. The summed E-state index contributed by atoms with van der Waals surface area (Å²) in [5, 5.41) is 14.8. The van der Waals surface area contributed by atoms with Crippen molar-refractivity contribution >= 4 is 11.8 Å². The highest BCUT2D eigenvalue weighted by Crippen LogP contribution is 2.23. The van der Waals surface area contributed by atoms with Crippen LogP contribution in [0.5, 0.6) is 0 Å². The molecule has 0 heterocycles. The molecule has 1 fully saturated rings. The molecule has 1 aromatic carbocycles. The quantitative estimate of drug-likeness (QED) is 0.771. The summed E-state index contributed by atoms with van der Waals surface area (Å²) in [6.45, 7) is 1.92. The van der Waals surface area contributed by atoms with Crippen LogP contribution < -0.4 is 10.6 Å². The average molecular weight is 304 g/mol. The lowest BCUT2D eigenvalue weighted by Crippen LogP contribution is -2.48. The van der Waals surface area contributed by atoms with Crippen LogP contribution in [0.15, 0.2) is 30.3 Å². The fourth-order valence-electron chi connectivity index (χ4n) is 2.75. The lowest BCUT2D eigenvalue weighted by atomic mass is 9.86. The van der Waals surface area contributed by atoms with Crippen molar-refractivity contribution in [2.75, 3.05) is 6.61 Å². The maximum Gasteiger partial charge on any atom is 0.251 e. The molecule has 0 bridgehead atoms. The molecular weight excluding hydrogens is 280 g/mol. The number of carbonyl (C=O) groups excluding carboxylic acids is 2. The Balaban J connectivity index is 1.79. The van der Waals surface area contributed by atoms with Crippen molar-refractivity contribution in [2.24, 2.45) is 5.92 Å². The van der Waals surface area contributed by atoms with Crippen LogP contribution in [0, 0.1) is 5.92 Å². The van der Waals surface area contributed by atoms with Crippen LogP contribution in [0.1, 0.15) is 43.0 Å². The Bertz CT molecular complexity index is 496. The number of rotatable bonds is 5. The van der Waals surface area contributed by atoms with E-state index in [4.69, 9.17) is 5.11 Å². The number of aliphatic hydroxyl groups excluding tert-OH is 1. The van der Waals surface area contributed by atoms with Crippen molar-refractivity contribution in [3.63, 3.8) is 0 Å². The van der Waals surface area contributed by atoms with Crippen LogP contribution in [0.2, 0.25) is 0 Å². The van der Waals surface area contributed by atoms with Gasteiger partial charge in [0.05, 0.1) is 0 Å². The van der Waals surface area contributed by atoms with Gasteiger partial charge in [-0.25, -0.2) is 0 Å². The Morgan fingerprint density at radius 3 is 2.41 bits per heavy atom. The van der Waals surface area contributed by atoms with Gasteiger partial charge in [-0.1, -0.05) is 18.2 Å². The Kier molecular flexibility index (Phi) is 5.95. The van der Waals surface area contributed by atoms with Gasteiger partial charge in [0.1, 0.15) is 6.04 Å². The molecule has 1 aliphatic carbocycles. The minimum absolute atomic E-state index is 0.145. The van der Waals surface area contributed by atoms with E-state index in [1.807, 2.05) is 6.07 Å². The topological polar surface area (TPSA) is 78.4 Å². The van der Waals surface area contributed by atoms with E-state index in [0.717, 1.165) is 25.7 Å². The van der Waals surface area contributed by atoms with Crippen molar-refractivity contribution in [3.8, 4) is 0 Å². The van der Waals surface area contributed by atoms with Crippen molar-refractivity contribution in [1.82, 2.24) is 10.6 Å². The number of benzene rings is 1. The van der Waals surface area contributed by atoms with Gasteiger partial charge >= 0.3 is 0 Å². The van der Waals surface area contributed by atoms with E-state index in [9.17, 15) is 9.59 Å². The van der Waals surface area contributed by atoms with Crippen LogP contribution >= 0.6 is 0 Å². The third-order valence-corrected chi connectivity index (χ3v) is 4.23. The number of nitrogens with one attached hydrogen (secondary N) is 2. The zero-order chi connectivity index (χ0) is 15.9. The largest absolute Gasteiger partial charge is 0.396 e. The summed E-state index contributed by atoms with van der Waals surface area (Å²) in [6.07, 6.45) is 3.64. The molecular formula is C17H24N2O3. The SMILES string of the molecule is CC(NC(=O)c1ccccc1)C(=O)NC1CCC(CO)CC1. The molecule has 2 rings (SSSR count). The summed E-state index contributed by atoms with van der Waals surface area (Å²) in [5.74, 6) is -0.0349. The van der Waals surface area contributed by atoms with E-state index < -0.39 is 6.04 Å². The molecule has 5 nitrogen and oxygen atoms in total. The van der Waals surface area contributed by atoms with E-state index >= 15 is 0 Å². The van der Waals surface area contributed by atoms with E-state index in [1.54, 1.807) is 31.2 Å². The predicted molar refractivity (Wildman–Crippen MR) is 84.3 cm³/mol. The first-order chi connectivity index (χ1) is 10.6. The second-order valence-electron chi connectivity index (χ2n) is 5.97. The Morgan fingerprint density at radius 2 is 1.82 bits per heavy atom. The average Bonchev–Trinajstić information content (AvgIpc) is 2.56. The van der Waals surface area contributed by atoms with E-state index in [0.29, 0.717) is 11.5 Å². The zero-order valence-corrected chi connectivity index (χ0v) is 12.9. The molecule has 0 saturated heterocycles. The smallest absolute Gasteiger partial charge is 0.251 e. The first kappa shape index (κ1) is 16.5. The first-order valence-electron chi connectivity index (χ1n) is 7.87. The maximum atomic E-state index is 12.2. The number of amides is 2. The predicted octanol–water partition coefficient (Wildman–Crippen LogP) is 1.47. The van der Waals surface area contributed by atoms with Gasteiger partial charge in [-0.2, -0.15) is 0 Å². The van der Waals surface area contributed by atoms with Gasteiger partial charge in [-0.3, -0.25) is 9.59 Å². The lowest BCUT2D eigenvalue weighted by molar-refractivity contribution is -0.123. The fraction of sp³-hybridized carbons (Fsp3) is 0.529. The Morgan fingerprint density at radius 1 is 1.18 bits per heavy atom. The third-order valence-electron chi connectivity index (χ3n) is 4.23. The zero-order valence-electron chi connectivity index (χ0n) is 12.9. The molecule has 0 aromatic heterocycles. The van der Waals surface area contributed by atoms with Gasteiger partial charge in [0.2, 0.25) is 5.91 Å². The van der Waals surface area contributed by atoms with E-state index in [2.05, 4.69) is 10.6 Å². The van der Waals surface area contributed by atoms with Crippen molar-refractivity contribution in [1.29, 1.82) is 0 Å². The monoisotopic (exact) mass is 304 g/mol. The molecule has 22 heavy (non-hydrogen) atoms. The molecule has 2 amide bonds. The number of carbonyl (C=O) groups is 2. The fourth-order valence-corrected chi connectivity index (χ4v) is 2.75. The van der Waals surface area contributed by atoms with Gasteiger partial charge in [0.25, 0.3) is 5.91 Å². The molecule has 1 atom stereocenters. The summed E-state index contributed by atoms with van der Waals surface area (Å²) in [7, 11) is 0. The van der Waals surface area contributed by atoms with Gasteiger partial charge in [-0.15, -0.1) is 0 Å². The molecule has 0 spiro atoms. The summed E-state index contributed by atoms with van der Waals surface area (Å²) < 4.78 is 0. The second-order valence-corrected chi connectivity index (χ2v) is 5.97. The minimum atomic E-state index is -0.566. The van der Waals surface area contributed by atoms with Crippen LogP contribution in [-0.2, 0) is 4.79 Å². The highest BCUT2D eigenvalue weighted by atomic mass is 16.3. The molecule has 120 valence electrons. The molecule has 5 heteroatoms. The van der Waals surface area contributed by atoms with Crippen molar-refractivity contribution in [3.05, 3.63) is 35.9 Å². The Hall–Kier alpha value is -1.88. The van der Waals surface area contributed by atoms with Gasteiger partial charge < -0.3 is 15.7 Å². The summed E-state index contributed by atoms with van der Waals surface area (Å²) >= 11 is 0. The molecule has 1 saturated carbocycles. The van der Waals surface area contributed by atoms with E-state index in [-0.39, 0.29) is 24.5 Å². The minimum Gasteiger partial charge on any atom is -0.396 e. The summed E-state index contributed by atoms with van der Waals surface area (Å²) in [6, 6.07) is 8.44. The normalized spacial score (nSPS) is 22.6. The second kappa shape index (κ2) is 7.94. The third kappa shape index (κ3) is 4.56. The van der Waals surface area contributed by atoms with Crippen LogP contribution in [0.4, 0.5) is 0 Å². The van der Waals surface area contributed by atoms with Crippen LogP contribution in [0.3, 0.4) is 0 Å². The molecule has 0 radical (unpaired) electrons. The summed E-state index contributed by atoms with van der Waals surface area (Å²) in [5.41, 5.74) is 0.547. The van der Waals surface area contributed by atoms with Gasteiger partial charge in [0.15, 0.2) is 0 Å². The summed E-state index contributed by atoms with van der Waals surface area (Å²) in [4.78, 5) is 24.2. The number of hydrogen-bond donors (Lipinski definition) is 3. The molecule has 1 unspecified atom stereocenters. The van der Waals surface area contributed by atoms with Crippen molar-refractivity contribution < 1.29 is 14.7 Å². The van der Waals surface area contributed by atoms with Crippen LogP contribution in [-0.4, -0.2) is 35.6 Å². The molecule has 1 aliphatic rings. The lowest BCUT2D eigenvalue weighted by Gasteiger charge is -2.29. The standard InChI is InChI=1S/C17H24N2O3/c1-12(18-17(22)14-5-3-2-4-6-14)16(21)19-15-9-7-13(11-20)8-10-15/h2-6,12-13,15,20H,7-11H2,1H3,(H,18,22)(H,19,21). The van der Waals surface area contributed by atoms with Gasteiger partial charge in [-0.05, 0) is 50.7 Å². The highest BCUT2D eigenvalue weighted by Gasteiger charge is 2.24. The number of aliphatic hydroxyl groups is 1. The molecule has 3 N–H and O–H groups in total. The molecule has 0 aliphatic heterocycles. The van der Waals surface area contributed by atoms with E-state index in [1.165, 1.54) is 0 Å². The Labute approximate surface area is 131 Å². The maximum absolute atomic E-state index is 12.2. The first-order valence-corrected chi connectivity index (χ1v) is 7.87.